The van der Waals surface area contributed by atoms with Crippen LogP contribution in [0, 0.1) is 12.3 Å². The summed E-state index contributed by atoms with van der Waals surface area (Å²) in [5.74, 6) is -0.335. The van der Waals surface area contributed by atoms with E-state index in [9.17, 15) is 14.4 Å². The number of aryl methyl sites for hydroxylation is 1. The summed E-state index contributed by atoms with van der Waals surface area (Å²) in [6, 6.07) is 10.9. The van der Waals surface area contributed by atoms with E-state index in [0.717, 1.165) is 11.0 Å². The largest absolute Gasteiger partial charge is 0.460 e. The zero-order valence-electron chi connectivity index (χ0n) is 17.3. The Morgan fingerprint density at radius 1 is 1.23 bits per heavy atom. The van der Waals surface area contributed by atoms with Crippen molar-refractivity contribution in [2.75, 3.05) is 13.1 Å². The highest BCUT2D eigenvalue weighted by atomic mass is 16.6. The van der Waals surface area contributed by atoms with Crippen LogP contribution in [0.3, 0.4) is 0 Å². The van der Waals surface area contributed by atoms with E-state index in [1.165, 1.54) is 6.07 Å². The van der Waals surface area contributed by atoms with Crippen LogP contribution in [0.4, 0.5) is 0 Å². The second kappa shape index (κ2) is 7.37. The molecule has 3 aromatic rings. The number of nitrogens with one attached hydrogen (secondary N) is 1. The average molecular weight is 420 g/mol. The lowest BCUT2D eigenvalue weighted by Crippen LogP contribution is -2.45. The number of fused-ring (bicyclic) bond motifs is 1. The van der Waals surface area contributed by atoms with Gasteiger partial charge in [-0.25, -0.2) is 4.98 Å². The number of ether oxygens (including phenoxy) is 1. The summed E-state index contributed by atoms with van der Waals surface area (Å²) < 4.78 is 7.78. The number of pyridine rings is 1. The molecular formula is C23H24N4O4. The summed E-state index contributed by atoms with van der Waals surface area (Å²) in [7, 11) is 0. The Morgan fingerprint density at radius 3 is 2.77 bits per heavy atom. The minimum Gasteiger partial charge on any atom is -0.460 e. The predicted molar refractivity (Wildman–Crippen MR) is 114 cm³/mol. The van der Waals surface area contributed by atoms with Crippen LogP contribution in [-0.2, 0) is 16.1 Å². The minimum absolute atomic E-state index is 0.166. The number of aromatic nitrogens is 3. The molecule has 1 unspecified atom stereocenters. The molecular weight excluding hydrogens is 396 g/mol. The molecule has 2 saturated heterocycles. The number of cyclic esters (lactones) is 1. The highest BCUT2D eigenvalue weighted by Gasteiger charge is 2.50. The van der Waals surface area contributed by atoms with E-state index in [1.807, 2.05) is 28.8 Å². The van der Waals surface area contributed by atoms with Gasteiger partial charge in [-0.2, -0.15) is 0 Å². The van der Waals surface area contributed by atoms with Gasteiger partial charge in [0.25, 0.3) is 5.91 Å². The molecule has 0 radical (unpaired) electrons. The zero-order valence-corrected chi connectivity index (χ0v) is 17.3. The van der Waals surface area contributed by atoms with Crippen molar-refractivity contribution < 1.29 is 14.3 Å². The van der Waals surface area contributed by atoms with E-state index in [0.29, 0.717) is 50.2 Å². The molecule has 0 bridgehead atoms. The van der Waals surface area contributed by atoms with Crippen molar-refractivity contribution in [2.45, 2.75) is 38.8 Å². The normalized spacial score (nSPS) is 20.4. The van der Waals surface area contributed by atoms with Crippen LogP contribution < -0.4 is 5.56 Å². The Hall–Kier alpha value is -3.42. The van der Waals surface area contributed by atoms with Crippen LogP contribution in [0.15, 0.2) is 47.5 Å². The average Bonchev–Trinajstić information content (AvgIpc) is 3.29. The zero-order chi connectivity index (χ0) is 21.6. The minimum atomic E-state index is -0.540. The van der Waals surface area contributed by atoms with Gasteiger partial charge in [-0.1, -0.05) is 12.1 Å². The number of esters is 1. The maximum Gasteiger partial charge on any atom is 0.312 e. The quantitative estimate of drug-likeness (QED) is 0.656. The molecule has 5 rings (SSSR count). The van der Waals surface area contributed by atoms with E-state index < -0.39 is 5.41 Å². The van der Waals surface area contributed by atoms with Crippen molar-refractivity contribution in [1.29, 1.82) is 0 Å². The number of piperidine rings is 1. The van der Waals surface area contributed by atoms with Crippen molar-refractivity contribution in [3.8, 4) is 0 Å². The molecule has 2 aliphatic rings. The molecule has 2 fully saturated rings. The number of rotatable bonds is 3. The fourth-order valence-electron chi connectivity index (χ4n) is 4.85. The molecule has 1 aromatic carbocycles. The lowest BCUT2D eigenvalue weighted by atomic mass is 9.76. The van der Waals surface area contributed by atoms with E-state index >= 15 is 0 Å². The number of aromatic amines is 1. The maximum atomic E-state index is 12.8. The van der Waals surface area contributed by atoms with Crippen LogP contribution in [-0.4, -0.2) is 50.5 Å². The second-order valence-corrected chi connectivity index (χ2v) is 8.61. The topological polar surface area (TPSA) is 97.3 Å². The Bertz CT molecular complexity index is 1220. The molecule has 4 heterocycles. The van der Waals surface area contributed by atoms with Gasteiger partial charge in [-0.3, -0.25) is 14.4 Å². The summed E-state index contributed by atoms with van der Waals surface area (Å²) >= 11 is 0. The first-order valence-corrected chi connectivity index (χ1v) is 10.5. The number of nitrogens with zero attached hydrogens (tertiary/aromatic N) is 3. The van der Waals surface area contributed by atoms with E-state index in [-0.39, 0.29) is 23.5 Å². The fraction of sp³-hybridized carbons (Fsp3) is 0.391. The molecule has 2 aliphatic heterocycles. The van der Waals surface area contributed by atoms with E-state index in [4.69, 9.17) is 4.74 Å². The Kier molecular flexibility index (Phi) is 4.64. The molecule has 1 N–H and O–H groups in total. The first-order valence-electron chi connectivity index (χ1n) is 10.5. The smallest absolute Gasteiger partial charge is 0.312 e. The second-order valence-electron chi connectivity index (χ2n) is 8.61. The first kappa shape index (κ1) is 19.5. The highest BCUT2D eigenvalue weighted by molar-refractivity contribution is 5.94. The van der Waals surface area contributed by atoms with Gasteiger partial charge in [0.2, 0.25) is 5.56 Å². The lowest BCUT2D eigenvalue weighted by molar-refractivity contribution is -0.150. The third-order valence-electron chi connectivity index (χ3n) is 6.49. The summed E-state index contributed by atoms with van der Waals surface area (Å²) in [4.78, 5) is 46.1. The van der Waals surface area contributed by atoms with Crippen molar-refractivity contribution in [2.24, 2.45) is 5.41 Å². The summed E-state index contributed by atoms with van der Waals surface area (Å²) in [6.07, 6.45) is 3.36. The number of amides is 1. The third kappa shape index (κ3) is 3.52. The maximum absolute atomic E-state index is 12.8. The van der Waals surface area contributed by atoms with Gasteiger partial charge in [0.05, 0.1) is 29.3 Å². The van der Waals surface area contributed by atoms with Gasteiger partial charge in [0.15, 0.2) is 0 Å². The number of carbonyl (C=O) groups excluding carboxylic acids is 2. The fourth-order valence-corrected chi connectivity index (χ4v) is 4.85. The SMILES string of the molecule is Cc1cc(C(=O)N2CCC3(CC2)CC(Cn2cnc4ccccc42)OC3=O)cc(=O)[nH]1. The standard InChI is InChI=1S/C23H24N4O4/c1-15-10-16(11-20(28)25-15)21(29)26-8-6-23(7-9-26)12-17(31-22(23)30)13-27-14-24-18-4-2-3-5-19(18)27/h2-5,10-11,14,17H,6-9,12-13H2,1H3,(H,25,28). The van der Waals surface area contributed by atoms with Crippen LogP contribution in [0.1, 0.15) is 35.3 Å². The molecule has 1 spiro atoms. The molecule has 160 valence electrons. The molecule has 1 amide bonds. The molecule has 0 saturated carbocycles. The number of likely N-dealkylation sites (tertiary alicyclic amines) is 1. The van der Waals surface area contributed by atoms with Gasteiger partial charge in [-0.15, -0.1) is 0 Å². The predicted octanol–water partition coefficient (Wildman–Crippen LogP) is 2.27. The summed E-state index contributed by atoms with van der Waals surface area (Å²) in [5.41, 5.74) is 2.15. The van der Waals surface area contributed by atoms with Crippen molar-refractivity contribution >= 4 is 22.9 Å². The summed E-state index contributed by atoms with van der Waals surface area (Å²) in [5, 5.41) is 0. The number of benzene rings is 1. The Balaban J connectivity index is 1.26. The van der Waals surface area contributed by atoms with Crippen LogP contribution in [0.5, 0.6) is 0 Å². The Morgan fingerprint density at radius 2 is 2.00 bits per heavy atom. The van der Waals surface area contributed by atoms with Crippen molar-refractivity contribution in [1.82, 2.24) is 19.4 Å². The van der Waals surface area contributed by atoms with E-state index in [1.54, 1.807) is 24.2 Å². The molecule has 31 heavy (non-hydrogen) atoms. The molecule has 1 atom stereocenters. The van der Waals surface area contributed by atoms with E-state index in [2.05, 4.69) is 9.97 Å². The number of para-hydroxylation sites is 2. The number of carbonyl (C=O) groups is 2. The van der Waals surface area contributed by atoms with Crippen molar-refractivity contribution in [3.05, 3.63) is 64.3 Å². The number of imidazole rings is 1. The van der Waals surface area contributed by atoms with Gasteiger partial charge < -0.3 is 19.2 Å². The first-order chi connectivity index (χ1) is 14.9. The third-order valence-corrected chi connectivity index (χ3v) is 6.49. The Labute approximate surface area is 178 Å². The lowest BCUT2D eigenvalue weighted by Gasteiger charge is -2.36. The van der Waals surface area contributed by atoms with Crippen molar-refractivity contribution in [3.63, 3.8) is 0 Å². The van der Waals surface area contributed by atoms with Crippen LogP contribution in [0.2, 0.25) is 0 Å². The van der Waals surface area contributed by atoms with Crippen LogP contribution >= 0.6 is 0 Å². The molecule has 8 heteroatoms. The highest BCUT2D eigenvalue weighted by Crippen LogP contribution is 2.43. The monoisotopic (exact) mass is 420 g/mol. The van der Waals surface area contributed by atoms with Crippen LogP contribution in [0.25, 0.3) is 11.0 Å². The van der Waals surface area contributed by atoms with Gasteiger partial charge in [0.1, 0.15) is 6.10 Å². The van der Waals surface area contributed by atoms with Gasteiger partial charge >= 0.3 is 5.97 Å². The number of hydrogen-bond donors (Lipinski definition) is 1. The van der Waals surface area contributed by atoms with Gasteiger partial charge in [-0.05, 0) is 38.0 Å². The molecule has 8 nitrogen and oxygen atoms in total. The summed E-state index contributed by atoms with van der Waals surface area (Å²) in [6.45, 7) is 3.27. The van der Waals surface area contributed by atoms with Gasteiger partial charge in [0, 0.05) is 36.8 Å². The molecule has 0 aliphatic carbocycles. The number of H-pyrrole nitrogens is 1. The molecule has 2 aromatic heterocycles. The number of hydrogen-bond acceptors (Lipinski definition) is 5.